The Morgan fingerprint density at radius 3 is 0.915 bits per heavy atom. The molecular formula is C110H68BN7. The van der Waals surface area contributed by atoms with Gasteiger partial charge in [-0.25, -0.2) is 9.69 Å². The first kappa shape index (κ1) is 67.7. The van der Waals surface area contributed by atoms with Gasteiger partial charge in [-0.15, -0.1) is 0 Å². The highest BCUT2D eigenvalue weighted by molar-refractivity contribution is 7.00. The van der Waals surface area contributed by atoms with Crippen molar-refractivity contribution in [2.45, 2.75) is 0 Å². The number of rotatable bonds is 12. The van der Waals surface area contributed by atoms with Crippen LogP contribution >= 0.6 is 0 Å². The second-order valence-corrected chi connectivity index (χ2v) is 30.8. The molecule has 0 atom stereocenters. The molecule has 3 aromatic heterocycles. The molecule has 5 heterocycles. The van der Waals surface area contributed by atoms with E-state index in [1.807, 2.05) is 12.1 Å². The molecule has 2 aliphatic heterocycles. The average molecular weight is 1500 g/mol. The summed E-state index contributed by atoms with van der Waals surface area (Å²) >= 11 is 0. The van der Waals surface area contributed by atoms with Crippen molar-refractivity contribution < 1.29 is 0 Å². The van der Waals surface area contributed by atoms with Crippen molar-refractivity contribution in [1.82, 2.24) is 13.7 Å². The molecule has 0 spiro atoms. The van der Waals surface area contributed by atoms with E-state index in [0.717, 1.165) is 194 Å². The Labute approximate surface area is 683 Å². The van der Waals surface area contributed by atoms with E-state index in [9.17, 15) is 0 Å². The molecule has 18 aromatic carbocycles. The summed E-state index contributed by atoms with van der Waals surface area (Å²) in [6.45, 7) is 17.2. The fraction of sp³-hybridized carbons (Fsp3) is 0. The standard InChI is InChI=1S/C110H68BN7/c1-112-82-53-57-102(116-97-44-22-15-37-86(97)87-38-16-23-45-98(87)116)91(69-82)76-52-56-104(93(66-76)94-70-83(113-2)54-58-105(94)117-99-46-24-17-39-88(99)89-40-18-25-47-100(89)117)118-101-48-26-19-41-90(101)92-65-75(51-55-103(92)118)81-67-108-110-109(68-81)115(85-63-79(73-33-11-5-12-34-73)60-80(64-85)74-35-13-6-14-36-74)107-50-28-21-43-96(107)111(110)95-42-20-27-49-106(95)114(108)84-61-77(71-29-7-3-8-30-71)59-78(62-84)72-31-9-4-10-32-72/h3-70H. The molecule has 23 rings (SSSR count). The summed E-state index contributed by atoms with van der Waals surface area (Å²) in [6.07, 6.45) is 0. The quantitative estimate of drug-likeness (QED) is 0.0901. The summed E-state index contributed by atoms with van der Waals surface area (Å²) < 4.78 is 7.18. The lowest BCUT2D eigenvalue weighted by molar-refractivity contribution is 1.16. The summed E-state index contributed by atoms with van der Waals surface area (Å²) in [5.74, 6) is 0. The Bertz CT molecular complexity index is 7370. The minimum absolute atomic E-state index is 0.139. The van der Waals surface area contributed by atoms with Crippen molar-refractivity contribution in [3.05, 3.63) is 435 Å². The summed E-state index contributed by atoms with van der Waals surface area (Å²) in [4.78, 5) is 13.4. The normalized spacial score (nSPS) is 12.2. The Balaban J connectivity index is 0.790. The highest BCUT2D eigenvalue weighted by Crippen LogP contribution is 2.52. The van der Waals surface area contributed by atoms with Gasteiger partial charge in [-0.05, 0) is 228 Å². The van der Waals surface area contributed by atoms with Crippen LogP contribution in [0.25, 0.3) is 170 Å². The smallest absolute Gasteiger partial charge is 0.252 e. The van der Waals surface area contributed by atoms with Crippen LogP contribution in [0.4, 0.5) is 45.5 Å². The number of benzene rings is 18. The number of fused-ring (bicyclic) bond motifs is 13. The van der Waals surface area contributed by atoms with E-state index in [4.69, 9.17) is 13.1 Å². The number of nitrogens with zero attached hydrogens (tertiary/aromatic N) is 7. The van der Waals surface area contributed by atoms with E-state index in [1.54, 1.807) is 0 Å². The van der Waals surface area contributed by atoms with Crippen molar-refractivity contribution in [2.24, 2.45) is 0 Å². The van der Waals surface area contributed by atoms with Crippen LogP contribution in [-0.4, -0.2) is 20.4 Å². The molecule has 0 fully saturated rings. The maximum absolute atomic E-state index is 8.78. The second-order valence-electron chi connectivity index (χ2n) is 30.8. The zero-order valence-electron chi connectivity index (χ0n) is 64.0. The lowest BCUT2D eigenvalue weighted by Crippen LogP contribution is -2.61. The number of aromatic nitrogens is 3. The summed E-state index contributed by atoms with van der Waals surface area (Å²) in [7, 11) is 0. The molecular weight excluding hydrogens is 1430 g/mol. The lowest BCUT2D eigenvalue weighted by atomic mass is 9.33. The van der Waals surface area contributed by atoms with Gasteiger partial charge in [0.15, 0.2) is 11.4 Å². The van der Waals surface area contributed by atoms with E-state index in [-0.39, 0.29) is 6.71 Å². The first-order valence-corrected chi connectivity index (χ1v) is 40.1. The molecule has 0 bridgehead atoms. The topological polar surface area (TPSA) is 30.0 Å². The third-order valence-electron chi connectivity index (χ3n) is 24.4. The third-order valence-corrected chi connectivity index (χ3v) is 24.4. The lowest BCUT2D eigenvalue weighted by Gasteiger charge is -2.44. The van der Waals surface area contributed by atoms with Crippen LogP contribution in [0.1, 0.15) is 0 Å². The fourth-order valence-electron chi connectivity index (χ4n) is 19.2. The van der Waals surface area contributed by atoms with Crippen LogP contribution in [0.5, 0.6) is 0 Å². The Kier molecular flexibility index (Phi) is 15.7. The van der Waals surface area contributed by atoms with Crippen LogP contribution in [-0.2, 0) is 0 Å². The van der Waals surface area contributed by atoms with Crippen molar-refractivity contribution in [2.75, 3.05) is 9.80 Å². The third kappa shape index (κ3) is 10.8. The van der Waals surface area contributed by atoms with Gasteiger partial charge >= 0.3 is 0 Å². The zero-order valence-corrected chi connectivity index (χ0v) is 64.0. The van der Waals surface area contributed by atoms with Gasteiger partial charge in [0.05, 0.1) is 63.3 Å². The van der Waals surface area contributed by atoms with Gasteiger partial charge in [-0.2, -0.15) is 0 Å². The first-order chi connectivity index (χ1) is 58.4. The first-order valence-electron chi connectivity index (χ1n) is 40.1. The van der Waals surface area contributed by atoms with Crippen molar-refractivity contribution in [3.63, 3.8) is 0 Å². The Morgan fingerprint density at radius 2 is 0.508 bits per heavy atom. The molecule has 0 amide bonds. The molecule has 0 saturated carbocycles. The van der Waals surface area contributed by atoms with Crippen LogP contribution < -0.4 is 26.2 Å². The van der Waals surface area contributed by atoms with Crippen molar-refractivity contribution >= 4 is 134 Å². The number of hydrogen-bond donors (Lipinski definition) is 0. The summed E-state index contributed by atoms with van der Waals surface area (Å²) in [5, 5.41) is 6.75. The molecule has 0 aliphatic carbocycles. The van der Waals surface area contributed by atoms with E-state index >= 15 is 0 Å². The number of anilines is 6. The maximum atomic E-state index is 8.78. The number of para-hydroxylation sites is 7. The highest BCUT2D eigenvalue weighted by atomic mass is 15.2. The predicted molar refractivity (Wildman–Crippen MR) is 494 cm³/mol. The van der Waals surface area contributed by atoms with Crippen LogP contribution in [0.15, 0.2) is 413 Å². The van der Waals surface area contributed by atoms with Gasteiger partial charge in [0.1, 0.15) is 0 Å². The summed E-state index contributed by atoms with van der Waals surface area (Å²) in [5.41, 5.74) is 35.2. The molecule has 8 heteroatoms. The summed E-state index contributed by atoms with van der Waals surface area (Å²) in [6, 6.07) is 150. The van der Waals surface area contributed by atoms with Crippen LogP contribution in [0.2, 0.25) is 0 Å². The van der Waals surface area contributed by atoms with Crippen molar-refractivity contribution in [3.8, 4) is 95.0 Å². The molecule has 118 heavy (non-hydrogen) atoms. The minimum atomic E-state index is -0.139. The molecule has 7 nitrogen and oxygen atoms in total. The van der Waals surface area contributed by atoms with Gasteiger partial charge in [0.25, 0.3) is 6.71 Å². The van der Waals surface area contributed by atoms with Gasteiger partial charge in [-0.3, -0.25) is 0 Å². The zero-order chi connectivity index (χ0) is 78.1. The number of hydrogen-bond acceptors (Lipinski definition) is 2. The van der Waals surface area contributed by atoms with E-state index in [2.05, 4.69) is 434 Å². The van der Waals surface area contributed by atoms with Crippen LogP contribution in [0, 0.1) is 13.1 Å². The molecule has 0 saturated heterocycles. The van der Waals surface area contributed by atoms with Crippen LogP contribution in [0.3, 0.4) is 0 Å². The Hall–Kier alpha value is -16.0. The molecule has 2 aliphatic rings. The molecule has 21 aromatic rings. The van der Waals surface area contributed by atoms with E-state index < -0.39 is 0 Å². The monoisotopic (exact) mass is 1500 g/mol. The SMILES string of the molecule is [C-]#[N+]c1ccc(-n2c3ccccc3c3ccccc32)c(-c2ccc(-n3c4ccccc4c4cc(-c5cc6c7c(c5)N(c5cc(-c8ccccc8)cc(-c8ccccc8)c5)c5ccccc5B7c5ccccc5N6c5cc(-c6ccccc6)cc(-c6ccccc6)c5)ccc43)c(-c3cc([N+]#[C-])ccc3-n3c4ccccc4c4ccccc43)c2)c1. The predicted octanol–water partition coefficient (Wildman–Crippen LogP) is 27.8. The maximum Gasteiger partial charge on any atom is 0.252 e. The molecule has 0 N–H and O–H groups in total. The van der Waals surface area contributed by atoms with E-state index in [1.165, 1.54) is 16.4 Å². The second kappa shape index (κ2) is 27.4. The molecule has 0 unspecified atom stereocenters. The van der Waals surface area contributed by atoms with Gasteiger partial charge in [-0.1, -0.05) is 273 Å². The molecule has 0 radical (unpaired) electrons. The average Bonchev–Trinajstić information content (AvgIpc) is 0.929. The van der Waals surface area contributed by atoms with E-state index in [0.29, 0.717) is 11.4 Å². The Morgan fingerprint density at radius 1 is 0.195 bits per heavy atom. The van der Waals surface area contributed by atoms with Gasteiger partial charge in [0, 0.05) is 72.0 Å². The van der Waals surface area contributed by atoms with Crippen molar-refractivity contribution in [1.29, 1.82) is 0 Å². The largest absolute Gasteiger partial charge is 0.311 e. The van der Waals surface area contributed by atoms with Gasteiger partial charge < -0.3 is 23.5 Å². The highest BCUT2D eigenvalue weighted by Gasteiger charge is 2.44. The minimum Gasteiger partial charge on any atom is -0.311 e. The van der Waals surface area contributed by atoms with Gasteiger partial charge in [0.2, 0.25) is 0 Å². The fourth-order valence-corrected chi connectivity index (χ4v) is 19.2. The molecule has 546 valence electrons.